The first-order chi connectivity index (χ1) is 10.3. The molecule has 0 radical (unpaired) electrons. The summed E-state index contributed by atoms with van der Waals surface area (Å²) in [5.41, 5.74) is -0.718. The van der Waals surface area contributed by atoms with Crippen molar-refractivity contribution < 1.29 is 22.7 Å². The minimum Gasteiger partial charge on any atom is -0.439 e. The minimum atomic E-state index is -3.94. The average Bonchev–Trinajstić information content (AvgIpc) is 3.05. The van der Waals surface area contributed by atoms with E-state index in [1.165, 1.54) is 16.3 Å². The molecule has 8 nitrogen and oxygen atoms in total. The first-order valence-corrected chi connectivity index (χ1v) is 9.10. The summed E-state index contributed by atoms with van der Waals surface area (Å²) in [4.78, 5) is 25.3. The molecule has 120 valence electrons. The quantitative estimate of drug-likeness (QED) is 0.788. The number of piperidine rings is 1. The SMILES string of the molecule is NS(=O)(=O)c1ccsc1C(=O)N1CCC[C@]2(CNC(=O)O2)C1. The predicted octanol–water partition coefficient (Wildman–Crippen LogP) is 0.110. The lowest BCUT2D eigenvalue weighted by atomic mass is 9.93. The summed E-state index contributed by atoms with van der Waals surface area (Å²) in [7, 11) is -3.94. The van der Waals surface area contributed by atoms with Gasteiger partial charge >= 0.3 is 6.09 Å². The number of carbonyl (C=O) groups excluding carboxylic acids is 2. The molecule has 2 aliphatic rings. The van der Waals surface area contributed by atoms with Gasteiger partial charge in [-0.15, -0.1) is 11.3 Å². The van der Waals surface area contributed by atoms with Crippen LogP contribution in [-0.4, -0.2) is 50.6 Å². The number of primary sulfonamides is 1. The molecule has 3 N–H and O–H groups in total. The monoisotopic (exact) mass is 345 g/mol. The molecule has 1 spiro atoms. The molecule has 10 heteroatoms. The number of likely N-dealkylation sites (tertiary alicyclic amines) is 1. The molecule has 3 rings (SSSR count). The smallest absolute Gasteiger partial charge is 0.407 e. The second-order valence-corrected chi connectivity index (χ2v) is 7.86. The zero-order chi connectivity index (χ0) is 16.0. The average molecular weight is 345 g/mol. The van der Waals surface area contributed by atoms with Crippen molar-refractivity contribution in [3.05, 3.63) is 16.3 Å². The van der Waals surface area contributed by atoms with Crippen molar-refractivity contribution in [3.8, 4) is 0 Å². The van der Waals surface area contributed by atoms with Gasteiger partial charge < -0.3 is 15.0 Å². The van der Waals surface area contributed by atoms with E-state index in [9.17, 15) is 18.0 Å². The molecule has 0 saturated carbocycles. The molecule has 0 unspecified atom stereocenters. The van der Waals surface area contributed by atoms with E-state index in [0.29, 0.717) is 25.9 Å². The van der Waals surface area contributed by atoms with Crippen LogP contribution < -0.4 is 10.5 Å². The van der Waals surface area contributed by atoms with E-state index in [0.717, 1.165) is 11.3 Å². The van der Waals surface area contributed by atoms with Gasteiger partial charge in [-0.2, -0.15) is 0 Å². The van der Waals surface area contributed by atoms with Crippen molar-refractivity contribution in [2.24, 2.45) is 5.14 Å². The van der Waals surface area contributed by atoms with Crippen LogP contribution in [0.4, 0.5) is 4.79 Å². The van der Waals surface area contributed by atoms with Gasteiger partial charge in [0.2, 0.25) is 10.0 Å². The van der Waals surface area contributed by atoms with Crippen molar-refractivity contribution in [3.63, 3.8) is 0 Å². The van der Waals surface area contributed by atoms with E-state index < -0.39 is 27.6 Å². The van der Waals surface area contributed by atoms with Crippen molar-refractivity contribution in [1.82, 2.24) is 10.2 Å². The van der Waals surface area contributed by atoms with E-state index in [4.69, 9.17) is 9.88 Å². The summed E-state index contributed by atoms with van der Waals surface area (Å²) in [6.07, 6.45) is 0.856. The van der Waals surface area contributed by atoms with Gasteiger partial charge in [-0.1, -0.05) is 0 Å². The number of hydrogen-bond donors (Lipinski definition) is 2. The summed E-state index contributed by atoms with van der Waals surface area (Å²) in [5.74, 6) is -0.402. The fourth-order valence-electron chi connectivity index (χ4n) is 2.82. The van der Waals surface area contributed by atoms with Crippen LogP contribution in [0.1, 0.15) is 22.5 Å². The normalized spacial score (nSPS) is 25.1. The highest BCUT2D eigenvalue weighted by Gasteiger charge is 2.45. The van der Waals surface area contributed by atoms with E-state index >= 15 is 0 Å². The third kappa shape index (κ3) is 2.69. The molecule has 1 aromatic rings. The van der Waals surface area contributed by atoms with Gasteiger partial charge in [0, 0.05) is 6.54 Å². The van der Waals surface area contributed by atoms with E-state index in [1.807, 2.05) is 0 Å². The molecule has 3 heterocycles. The van der Waals surface area contributed by atoms with Gasteiger partial charge in [0.1, 0.15) is 15.4 Å². The molecule has 2 aliphatic heterocycles. The topological polar surface area (TPSA) is 119 Å². The first-order valence-electron chi connectivity index (χ1n) is 6.67. The molecular formula is C12H15N3O5S2. The number of amides is 2. The Morgan fingerprint density at radius 2 is 2.27 bits per heavy atom. The number of nitrogens with two attached hydrogens (primary N) is 1. The standard InChI is InChI=1S/C12H15N3O5S2/c13-22(18,19)8-2-5-21-9(8)10(16)15-4-1-3-12(7-15)6-14-11(17)20-12/h2,5H,1,3-4,6-7H2,(H,14,17)(H2,13,18,19)/t12-/m0/s1. The highest BCUT2D eigenvalue weighted by molar-refractivity contribution is 7.89. The zero-order valence-corrected chi connectivity index (χ0v) is 13.2. The van der Waals surface area contributed by atoms with Crippen LogP contribution >= 0.6 is 11.3 Å². The Morgan fingerprint density at radius 1 is 1.50 bits per heavy atom. The molecule has 1 aromatic heterocycles. The van der Waals surface area contributed by atoms with Gasteiger partial charge in [-0.05, 0) is 24.3 Å². The maximum absolute atomic E-state index is 12.6. The summed E-state index contributed by atoms with van der Waals surface area (Å²) in [6.45, 7) is 1.08. The summed E-state index contributed by atoms with van der Waals surface area (Å²) < 4.78 is 28.4. The molecule has 2 amide bonds. The Hall–Kier alpha value is -1.65. The summed E-state index contributed by atoms with van der Waals surface area (Å²) in [5, 5.41) is 9.25. The summed E-state index contributed by atoms with van der Waals surface area (Å²) in [6, 6.07) is 1.32. The van der Waals surface area contributed by atoms with E-state index in [2.05, 4.69) is 5.32 Å². The van der Waals surface area contributed by atoms with Crippen LogP contribution in [0, 0.1) is 0 Å². The lowest BCUT2D eigenvalue weighted by Gasteiger charge is -2.38. The van der Waals surface area contributed by atoms with Crippen LogP contribution in [0.25, 0.3) is 0 Å². The number of alkyl carbamates (subject to hydrolysis) is 1. The second-order valence-electron chi connectivity index (χ2n) is 5.42. The maximum Gasteiger partial charge on any atom is 0.407 e. The lowest BCUT2D eigenvalue weighted by Crippen LogP contribution is -2.52. The minimum absolute atomic E-state index is 0.0943. The number of nitrogens with one attached hydrogen (secondary N) is 1. The molecule has 0 bridgehead atoms. The number of carbonyl (C=O) groups is 2. The molecule has 1 atom stereocenters. The van der Waals surface area contributed by atoms with Gasteiger partial charge in [0.05, 0.1) is 13.1 Å². The van der Waals surface area contributed by atoms with Gasteiger partial charge in [-0.3, -0.25) is 4.79 Å². The van der Waals surface area contributed by atoms with Gasteiger partial charge in [-0.25, -0.2) is 18.4 Å². The second kappa shape index (κ2) is 5.21. The van der Waals surface area contributed by atoms with Gasteiger partial charge in [0.15, 0.2) is 0 Å². The number of thiophene rings is 1. The summed E-state index contributed by atoms with van der Waals surface area (Å²) >= 11 is 1.04. The fraction of sp³-hybridized carbons (Fsp3) is 0.500. The number of ether oxygens (including phenoxy) is 1. The number of rotatable bonds is 2. The lowest BCUT2D eigenvalue weighted by molar-refractivity contribution is -0.00498. The Balaban J connectivity index is 1.84. The Morgan fingerprint density at radius 3 is 2.91 bits per heavy atom. The van der Waals surface area contributed by atoms with Crippen LogP contribution in [0.3, 0.4) is 0 Å². The van der Waals surface area contributed by atoms with Crippen molar-refractivity contribution >= 4 is 33.4 Å². The predicted molar refractivity (Wildman–Crippen MR) is 78.0 cm³/mol. The highest BCUT2D eigenvalue weighted by Crippen LogP contribution is 2.30. The van der Waals surface area contributed by atoms with Crippen LogP contribution in [0.2, 0.25) is 0 Å². The van der Waals surface area contributed by atoms with Crippen molar-refractivity contribution in [2.45, 2.75) is 23.3 Å². The fourth-order valence-corrected chi connectivity index (χ4v) is 4.76. The largest absolute Gasteiger partial charge is 0.439 e. The third-order valence-electron chi connectivity index (χ3n) is 3.82. The van der Waals surface area contributed by atoms with Crippen LogP contribution in [0.15, 0.2) is 16.3 Å². The number of hydrogen-bond acceptors (Lipinski definition) is 6. The number of nitrogens with zero attached hydrogens (tertiary/aromatic N) is 1. The molecular weight excluding hydrogens is 330 g/mol. The Kier molecular flexibility index (Phi) is 3.62. The third-order valence-corrected chi connectivity index (χ3v) is 5.81. The highest BCUT2D eigenvalue weighted by atomic mass is 32.2. The molecule has 2 saturated heterocycles. The zero-order valence-electron chi connectivity index (χ0n) is 11.6. The molecule has 0 aromatic carbocycles. The van der Waals surface area contributed by atoms with E-state index in [-0.39, 0.29) is 16.3 Å². The van der Waals surface area contributed by atoms with E-state index in [1.54, 1.807) is 0 Å². The molecule has 22 heavy (non-hydrogen) atoms. The van der Waals surface area contributed by atoms with Crippen LogP contribution in [0.5, 0.6) is 0 Å². The number of sulfonamides is 1. The maximum atomic E-state index is 12.6. The van der Waals surface area contributed by atoms with Crippen molar-refractivity contribution in [1.29, 1.82) is 0 Å². The van der Waals surface area contributed by atoms with Gasteiger partial charge in [0.25, 0.3) is 5.91 Å². The van der Waals surface area contributed by atoms with Crippen LogP contribution in [-0.2, 0) is 14.8 Å². The molecule has 0 aliphatic carbocycles. The van der Waals surface area contributed by atoms with Crippen molar-refractivity contribution in [2.75, 3.05) is 19.6 Å². The Labute approximate surface area is 131 Å². The Bertz CT molecular complexity index is 729. The first kappa shape index (κ1) is 15.3. The molecule has 2 fully saturated rings.